The van der Waals surface area contributed by atoms with Crippen LogP contribution in [0.25, 0.3) is 0 Å². The van der Waals surface area contributed by atoms with Gasteiger partial charge in [-0.15, -0.1) is 0 Å². The van der Waals surface area contributed by atoms with Gasteiger partial charge in [0, 0.05) is 44.7 Å². The Kier molecular flexibility index (Phi) is 4.86. The maximum absolute atomic E-state index is 12.8. The van der Waals surface area contributed by atoms with Gasteiger partial charge in [0.05, 0.1) is 0 Å². The van der Waals surface area contributed by atoms with E-state index in [0.717, 1.165) is 17.5 Å². The first kappa shape index (κ1) is 18.5. The Morgan fingerprint density at radius 3 is 2.81 bits per heavy atom. The van der Waals surface area contributed by atoms with Gasteiger partial charge in [-0.05, 0) is 25.3 Å². The molecule has 3 rings (SSSR count). The van der Waals surface area contributed by atoms with Crippen LogP contribution in [0.4, 0.5) is 13.2 Å². The highest BCUT2D eigenvalue weighted by Gasteiger charge is 2.36. The second-order valence-corrected chi connectivity index (χ2v) is 6.86. The number of nitrogens with zero attached hydrogens (tertiary/aromatic N) is 3. The molecule has 2 aromatic rings. The molecule has 0 aromatic carbocycles. The van der Waals surface area contributed by atoms with Crippen LogP contribution in [-0.2, 0) is 25.6 Å². The summed E-state index contributed by atoms with van der Waals surface area (Å²) < 4.78 is 45.6. The topological polar surface area (TPSA) is 51.3 Å². The average molecular weight is 369 g/mol. The molecule has 1 aliphatic heterocycles. The summed E-state index contributed by atoms with van der Waals surface area (Å²) in [5, 5.41) is 0. The maximum Gasteiger partial charge on any atom is 0.434 e. The van der Waals surface area contributed by atoms with Crippen molar-refractivity contribution < 1.29 is 22.4 Å². The zero-order valence-corrected chi connectivity index (χ0v) is 15.1. The van der Waals surface area contributed by atoms with Crippen LogP contribution in [0, 0.1) is 12.8 Å². The summed E-state index contributed by atoms with van der Waals surface area (Å²) in [7, 11) is 1.69. The van der Waals surface area contributed by atoms with E-state index >= 15 is 0 Å². The van der Waals surface area contributed by atoms with E-state index in [0.29, 0.717) is 43.9 Å². The number of carbonyl (C=O) groups excluding carboxylic acids is 1. The van der Waals surface area contributed by atoms with E-state index in [1.54, 1.807) is 16.5 Å². The average Bonchev–Trinajstić information content (AvgIpc) is 3.16. The lowest BCUT2D eigenvalue weighted by atomic mass is 9.99. The third-order valence-electron chi connectivity index (χ3n) is 4.77. The van der Waals surface area contributed by atoms with Crippen molar-refractivity contribution in [1.29, 1.82) is 0 Å². The number of rotatable bonds is 4. The molecule has 0 aliphatic carbocycles. The molecule has 1 aliphatic rings. The van der Waals surface area contributed by atoms with Crippen molar-refractivity contribution in [1.82, 2.24) is 14.5 Å². The number of hydrogen-bond acceptors (Lipinski definition) is 3. The van der Waals surface area contributed by atoms with E-state index in [4.69, 9.17) is 4.42 Å². The third-order valence-corrected chi connectivity index (χ3v) is 4.77. The van der Waals surface area contributed by atoms with E-state index in [9.17, 15) is 18.0 Å². The van der Waals surface area contributed by atoms with Crippen molar-refractivity contribution in [3.05, 3.63) is 40.9 Å². The molecule has 1 amide bonds. The summed E-state index contributed by atoms with van der Waals surface area (Å²) in [6, 6.07) is 1.86. The van der Waals surface area contributed by atoms with Gasteiger partial charge in [-0.25, -0.2) is 4.98 Å². The lowest BCUT2D eigenvalue weighted by molar-refractivity contribution is -0.141. The molecule has 1 atom stereocenters. The molecule has 0 radical (unpaired) electrons. The van der Waals surface area contributed by atoms with E-state index in [1.165, 1.54) is 0 Å². The van der Waals surface area contributed by atoms with E-state index < -0.39 is 11.9 Å². The molecule has 5 nitrogen and oxygen atoms in total. The highest BCUT2D eigenvalue weighted by Crippen LogP contribution is 2.31. The largest absolute Gasteiger partial charge is 0.456 e. The number of aryl methyl sites for hydroxylation is 3. The maximum atomic E-state index is 12.8. The number of fused-ring (bicyclic) bond motifs is 1. The molecule has 142 valence electrons. The minimum atomic E-state index is -4.43. The number of alkyl halides is 3. The first-order chi connectivity index (χ1) is 12.2. The number of hydrogen-bond donors (Lipinski definition) is 0. The summed E-state index contributed by atoms with van der Waals surface area (Å²) in [6.07, 6.45) is -1.48. The number of furan rings is 1. The SMILES string of the molecule is CCc1cc(C)c(C(=O)N(C)C[C@H]2CCc3nc(C(F)(F)F)cn3C2)o1. The Bertz CT molecular complexity index is 807. The van der Waals surface area contributed by atoms with Crippen LogP contribution >= 0.6 is 0 Å². The summed E-state index contributed by atoms with van der Waals surface area (Å²) in [5.41, 5.74) is -0.0510. The smallest absolute Gasteiger partial charge is 0.434 e. The molecule has 0 saturated heterocycles. The second kappa shape index (κ2) is 6.81. The highest BCUT2D eigenvalue weighted by atomic mass is 19.4. The Morgan fingerprint density at radius 1 is 1.46 bits per heavy atom. The fourth-order valence-electron chi connectivity index (χ4n) is 3.38. The first-order valence-electron chi connectivity index (χ1n) is 8.67. The fraction of sp³-hybridized carbons (Fsp3) is 0.556. The molecule has 0 fully saturated rings. The van der Waals surface area contributed by atoms with Crippen LogP contribution in [-0.4, -0.2) is 34.0 Å². The number of amides is 1. The van der Waals surface area contributed by atoms with Gasteiger partial charge in [-0.2, -0.15) is 13.2 Å². The standard InChI is InChI=1S/C18H22F3N3O2/c1-4-13-7-11(2)16(26-13)17(25)23(3)8-12-5-6-15-22-14(18(19,20)21)10-24(15)9-12/h7,10,12H,4-6,8-9H2,1-3H3/t12-/m1/s1. The predicted octanol–water partition coefficient (Wildman–Crippen LogP) is 3.70. The molecule has 0 N–H and O–H groups in total. The minimum absolute atomic E-state index is 0.0765. The van der Waals surface area contributed by atoms with Crippen LogP contribution < -0.4 is 0 Å². The number of carbonyl (C=O) groups is 1. The Morgan fingerprint density at radius 2 is 2.19 bits per heavy atom. The molecular weight excluding hydrogens is 347 g/mol. The van der Waals surface area contributed by atoms with Crippen molar-refractivity contribution >= 4 is 5.91 Å². The van der Waals surface area contributed by atoms with E-state index in [1.807, 2.05) is 19.9 Å². The van der Waals surface area contributed by atoms with Crippen LogP contribution in [0.5, 0.6) is 0 Å². The quantitative estimate of drug-likeness (QED) is 0.826. The minimum Gasteiger partial charge on any atom is -0.456 e. The van der Waals surface area contributed by atoms with E-state index in [-0.39, 0.29) is 11.8 Å². The number of imidazole rings is 1. The summed E-state index contributed by atoms with van der Waals surface area (Å²) in [6.45, 7) is 4.67. The Hall–Kier alpha value is -2.25. The van der Waals surface area contributed by atoms with E-state index in [2.05, 4.69) is 4.98 Å². The number of halogens is 3. The monoisotopic (exact) mass is 369 g/mol. The molecule has 0 spiro atoms. The van der Waals surface area contributed by atoms with Gasteiger partial charge < -0.3 is 13.9 Å². The summed E-state index contributed by atoms with van der Waals surface area (Å²) in [5.74, 6) is 1.43. The van der Waals surface area contributed by atoms with Crippen LogP contribution in [0.15, 0.2) is 16.7 Å². The van der Waals surface area contributed by atoms with Crippen LogP contribution in [0.2, 0.25) is 0 Å². The second-order valence-electron chi connectivity index (χ2n) is 6.86. The molecule has 0 saturated carbocycles. The van der Waals surface area contributed by atoms with Gasteiger partial charge in [0.25, 0.3) is 5.91 Å². The van der Waals surface area contributed by atoms with Gasteiger partial charge in [0.15, 0.2) is 11.5 Å². The first-order valence-corrected chi connectivity index (χ1v) is 8.67. The van der Waals surface area contributed by atoms with Crippen molar-refractivity contribution in [3.63, 3.8) is 0 Å². The third kappa shape index (κ3) is 3.64. The Labute approximate surface area is 149 Å². The van der Waals surface area contributed by atoms with Gasteiger partial charge in [0.2, 0.25) is 0 Å². The molecule has 26 heavy (non-hydrogen) atoms. The van der Waals surface area contributed by atoms with Gasteiger partial charge in [-0.3, -0.25) is 4.79 Å². The molecule has 2 aromatic heterocycles. The van der Waals surface area contributed by atoms with Crippen LogP contribution in [0.1, 0.15) is 46.7 Å². The predicted molar refractivity (Wildman–Crippen MR) is 88.8 cm³/mol. The van der Waals surface area contributed by atoms with Gasteiger partial charge in [0.1, 0.15) is 11.6 Å². The van der Waals surface area contributed by atoms with Gasteiger partial charge in [-0.1, -0.05) is 6.92 Å². The zero-order chi connectivity index (χ0) is 19.1. The lowest BCUT2D eigenvalue weighted by Crippen LogP contribution is -2.35. The van der Waals surface area contributed by atoms with Crippen molar-refractivity contribution in [2.24, 2.45) is 5.92 Å². The molecular formula is C18H22F3N3O2. The summed E-state index contributed by atoms with van der Waals surface area (Å²) >= 11 is 0. The summed E-state index contributed by atoms with van der Waals surface area (Å²) in [4.78, 5) is 17.9. The zero-order valence-electron chi connectivity index (χ0n) is 15.1. The van der Waals surface area contributed by atoms with Crippen LogP contribution in [0.3, 0.4) is 0 Å². The fourth-order valence-corrected chi connectivity index (χ4v) is 3.38. The van der Waals surface area contributed by atoms with Gasteiger partial charge >= 0.3 is 6.18 Å². The van der Waals surface area contributed by atoms with Crippen molar-refractivity contribution in [3.8, 4) is 0 Å². The molecule has 0 bridgehead atoms. The molecule has 0 unspecified atom stereocenters. The molecule has 3 heterocycles. The van der Waals surface area contributed by atoms with Crippen molar-refractivity contribution in [2.45, 2.75) is 45.8 Å². The molecule has 8 heteroatoms. The Balaban J connectivity index is 1.67. The highest BCUT2D eigenvalue weighted by molar-refractivity contribution is 5.92. The lowest BCUT2D eigenvalue weighted by Gasteiger charge is -2.27. The number of aromatic nitrogens is 2. The normalized spacial score (nSPS) is 17.2. The van der Waals surface area contributed by atoms with Crippen molar-refractivity contribution in [2.75, 3.05) is 13.6 Å².